The Morgan fingerprint density at radius 2 is 1.83 bits per heavy atom. The zero-order chi connectivity index (χ0) is 17.3. The van der Waals surface area contributed by atoms with Crippen LogP contribution in [0, 0.1) is 0 Å². The quantitative estimate of drug-likeness (QED) is 0.886. The molecule has 1 unspecified atom stereocenters. The number of rotatable bonds is 2. The van der Waals surface area contributed by atoms with E-state index in [1.54, 1.807) is 12.1 Å². The third-order valence-electron chi connectivity index (χ3n) is 3.48. The number of nitrogens with zero attached hydrogens (tertiary/aromatic N) is 1. The van der Waals surface area contributed by atoms with Crippen molar-refractivity contribution in [3.63, 3.8) is 0 Å². The van der Waals surface area contributed by atoms with Gasteiger partial charge in [-0.1, -0.05) is 41.9 Å². The number of aliphatic imine (C=N–C) groups is 1. The maximum Gasteiger partial charge on any atom is 0.276 e. The average molecular weight is 343 g/mol. The molecule has 1 amide bonds. The maximum absolute atomic E-state index is 12.5. The van der Waals surface area contributed by atoms with E-state index in [4.69, 9.17) is 16.3 Å². The Morgan fingerprint density at radius 3 is 2.50 bits per heavy atom. The summed E-state index contributed by atoms with van der Waals surface area (Å²) in [5, 5.41) is 3.47. The maximum atomic E-state index is 12.5. The van der Waals surface area contributed by atoms with Gasteiger partial charge in [0.2, 0.25) is 6.23 Å². The molecule has 1 atom stereocenters. The molecule has 2 aromatic carbocycles. The number of benzene rings is 2. The first kappa shape index (κ1) is 16.7. The molecule has 1 aliphatic heterocycles. The molecule has 2 aromatic rings. The summed E-state index contributed by atoms with van der Waals surface area (Å²) >= 11 is 6.16. The lowest BCUT2D eigenvalue weighted by Crippen LogP contribution is -2.35. The number of amides is 1. The Hall–Kier alpha value is -2.17. The van der Waals surface area contributed by atoms with Crippen molar-refractivity contribution in [3.05, 3.63) is 64.7 Å². The predicted octanol–water partition coefficient (Wildman–Crippen LogP) is 4.27. The van der Waals surface area contributed by atoms with Gasteiger partial charge < -0.3 is 10.1 Å². The summed E-state index contributed by atoms with van der Waals surface area (Å²) in [5.41, 5.74) is 2.54. The number of hydrogen-bond acceptors (Lipinski definition) is 3. The number of nitrogens with one attached hydrogen (secondary N) is 1. The summed E-state index contributed by atoms with van der Waals surface area (Å²) in [7, 11) is 0. The Morgan fingerprint density at radius 1 is 1.12 bits per heavy atom. The molecule has 124 valence electrons. The Bertz CT molecular complexity index is 795. The Kier molecular flexibility index (Phi) is 4.43. The highest BCUT2D eigenvalue weighted by molar-refractivity contribution is 6.32. The molecule has 24 heavy (non-hydrogen) atoms. The summed E-state index contributed by atoms with van der Waals surface area (Å²) in [6.07, 6.45) is -0.925. The van der Waals surface area contributed by atoms with Crippen molar-refractivity contribution >= 4 is 28.9 Å². The number of halogens is 1. The number of anilines is 1. The molecule has 0 bridgehead atoms. The van der Waals surface area contributed by atoms with Crippen molar-refractivity contribution in [2.45, 2.75) is 32.6 Å². The first-order valence-electron chi connectivity index (χ1n) is 7.75. The molecule has 0 radical (unpaired) electrons. The summed E-state index contributed by atoms with van der Waals surface area (Å²) in [4.78, 5) is 17.2. The molecular weight excluding hydrogens is 324 g/mol. The number of hydrogen-bond donors (Lipinski definition) is 1. The monoisotopic (exact) mass is 342 g/mol. The van der Waals surface area contributed by atoms with E-state index >= 15 is 0 Å². The van der Waals surface area contributed by atoms with E-state index in [0.29, 0.717) is 16.4 Å². The normalized spacial score (nSPS) is 17.6. The Balaban J connectivity index is 2.16. The van der Waals surface area contributed by atoms with Gasteiger partial charge in [-0.05, 0) is 39.0 Å². The van der Waals surface area contributed by atoms with Crippen molar-refractivity contribution < 1.29 is 9.53 Å². The fourth-order valence-corrected chi connectivity index (χ4v) is 2.67. The Labute approximate surface area is 146 Å². The summed E-state index contributed by atoms with van der Waals surface area (Å²) in [6.45, 7) is 5.69. The second-order valence-electron chi connectivity index (χ2n) is 6.61. The van der Waals surface area contributed by atoms with Gasteiger partial charge in [0.25, 0.3) is 5.91 Å². The highest BCUT2D eigenvalue weighted by atomic mass is 35.5. The number of fused-ring (bicyclic) bond motifs is 1. The molecular formula is C19H19ClN2O2. The molecule has 4 nitrogen and oxygen atoms in total. The van der Waals surface area contributed by atoms with Crippen molar-refractivity contribution in [3.8, 4) is 0 Å². The number of benzodiazepines with no additional fused rings is 1. The van der Waals surface area contributed by atoms with Crippen molar-refractivity contribution in [2.75, 3.05) is 5.32 Å². The largest absolute Gasteiger partial charge is 0.342 e. The van der Waals surface area contributed by atoms with Crippen molar-refractivity contribution in [2.24, 2.45) is 4.99 Å². The van der Waals surface area contributed by atoms with Gasteiger partial charge in [0.1, 0.15) is 0 Å². The lowest BCUT2D eigenvalue weighted by molar-refractivity contribution is -0.136. The van der Waals surface area contributed by atoms with Gasteiger partial charge in [-0.15, -0.1) is 0 Å². The van der Waals surface area contributed by atoms with E-state index in [2.05, 4.69) is 10.3 Å². The minimum Gasteiger partial charge on any atom is -0.342 e. The second kappa shape index (κ2) is 6.38. The van der Waals surface area contributed by atoms with Crippen LogP contribution >= 0.6 is 11.6 Å². The molecule has 0 aliphatic carbocycles. The van der Waals surface area contributed by atoms with E-state index in [9.17, 15) is 4.79 Å². The van der Waals surface area contributed by atoms with Gasteiger partial charge in [-0.3, -0.25) is 4.79 Å². The minimum absolute atomic E-state index is 0.292. The molecule has 3 rings (SSSR count). The van der Waals surface area contributed by atoms with Gasteiger partial charge in [0.15, 0.2) is 0 Å². The third-order valence-corrected chi connectivity index (χ3v) is 3.71. The number of carbonyl (C=O) groups is 1. The summed E-state index contributed by atoms with van der Waals surface area (Å²) < 4.78 is 5.85. The van der Waals surface area contributed by atoms with Crippen LogP contribution in [0.5, 0.6) is 0 Å². The molecule has 0 fully saturated rings. The molecule has 0 saturated heterocycles. The molecule has 5 heteroatoms. The minimum atomic E-state index is -0.925. The number of carbonyl (C=O) groups excluding carboxylic acids is 1. The highest BCUT2D eigenvalue weighted by Gasteiger charge is 2.29. The molecule has 1 heterocycles. The zero-order valence-electron chi connectivity index (χ0n) is 13.8. The fourth-order valence-electron chi connectivity index (χ4n) is 2.50. The third kappa shape index (κ3) is 3.66. The van der Waals surface area contributed by atoms with E-state index in [1.807, 2.05) is 57.2 Å². The van der Waals surface area contributed by atoms with Crippen molar-refractivity contribution in [1.82, 2.24) is 0 Å². The molecule has 0 aromatic heterocycles. The van der Waals surface area contributed by atoms with Gasteiger partial charge in [-0.25, -0.2) is 4.99 Å². The van der Waals surface area contributed by atoms with Crippen LogP contribution in [-0.2, 0) is 9.53 Å². The van der Waals surface area contributed by atoms with Crippen LogP contribution in [0.25, 0.3) is 0 Å². The van der Waals surface area contributed by atoms with E-state index in [-0.39, 0.29) is 5.91 Å². The first-order chi connectivity index (χ1) is 11.3. The molecule has 1 N–H and O–H groups in total. The van der Waals surface area contributed by atoms with E-state index in [1.165, 1.54) is 0 Å². The van der Waals surface area contributed by atoms with Gasteiger partial charge in [0, 0.05) is 16.1 Å². The SMILES string of the molecule is CC(C)(C)OC1N=C(c2ccccc2)c2cc(Cl)ccc2NC1=O. The smallest absolute Gasteiger partial charge is 0.276 e. The van der Waals surface area contributed by atoms with Crippen LogP contribution < -0.4 is 5.32 Å². The van der Waals surface area contributed by atoms with Crippen LogP contribution in [0.15, 0.2) is 53.5 Å². The topological polar surface area (TPSA) is 50.7 Å². The van der Waals surface area contributed by atoms with Crippen LogP contribution in [0.3, 0.4) is 0 Å². The molecule has 1 aliphatic rings. The lowest BCUT2D eigenvalue weighted by atomic mass is 10.0. The van der Waals surface area contributed by atoms with E-state index < -0.39 is 11.8 Å². The average Bonchev–Trinajstić information content (AvgIpc) is 2.64. The first-order valence-corrected chi connectivity index (χ1v) is 8.13. The van der Waals surface area contributed by atoms with Crippen LogP contribution in [0.4, 0.5) is 5.69 Å². The van der Waals surface area contributed by atoms with Crippen LogP contribution in [0.2, 0.25) is 5.02 Å². The number of ether oxygens (including phenoxy) is 1. The second-order valence-corrected chi connectivity index (χ2v) is 7.04. The van der Waals surface area contributed by atoms with Gasteiger partial charge in [-0.2, -0.15) is 0 Å². The summed E-state index contributed by atoms with van der Waals surface area (Å²) in [6, 6.07) is 15.0. The zero-order valence-corrected chi connectivity index (χ0v) is 14.6. The van der Waals surface area contributed by atoms with E-state index in [0.717, 1.165) is 11.1 Å². The lowest BCUT2D eigenvalue weighted by Gasteiger charge is -2.23. The molecule has 0 spiro atoms. The van der Waals surface area contributed by atoms with Gasteiger partial charge in [0.05, 0.1) is 17.0 Å². The van der Waals surface area contributed by atoms with Crippen molar-refractivity contribution in [1.29, 1.82) is 0 Å². The summed E-state index contributed by atoms with van der Waals surface area (Å²) in [5.74, 6) is -0.292. The van der Waals surface area contributed by atoms with Crippen LogP contribution in [0.1, 0.15) is 31.9 Å². The predicted molar refractivity (Wildman–Crippen MR) is 96.8 cm³/mol. The van der Waals surface area contributed by atoms with Crippen LogP contribution in [-0.4, -0.2) is 23.4 Å². The highest BCUT2D eigenvalue weighted by Crippen LogP contribution is 2.28. The standard InChI is InChI=1S/C19H19ClN2O2/c1-19(2,3)24-18-17(23)21-15-10-9-13(20)11-14(15)16(22-18)12-7-5-4-6-8-12/h4-11,18H,1-3H3,(H,21,23). The fraction of sp³-hybridized carbons (Fsp3) is 0.263. The van der Waals surface area contributed by atoms with Gasteiger partial charge >= 0.3 is 0 Å². The molecule has 0 saturated carbocycles.